The number of nitrogens with zero attached hydrogens (tertiary/aromatic N) is 2. The summed E-state index contributed by atoms with van der Waals surface area (Å²) < 4.78 is 21.6. The molecule has 0 N–H and O–H groups in total. The largest absolute Gasteiger partial charge is 0.485 e. The number of anilines is 2. The molecular formula is C25H28N2O4. The van der Waals surface area contributed by atoms with E-state index in [2.05, 4.69) is 64.5 Å². The van der Waals surface area contributed by atoms with E-state index in [1.807, 2.05) is 0 Å². The van der Waals surface area contributed by atoms with Gasteiger partial charge in [-0.25, -0.2) is 0 Å². The molecule has 2 aromatic carbocycles. The zero-order valence-electron chi connectivity index (χ0n) is 17.6. The number of hydrogen-bond donors (Lipinski definition) is 0. The van der Waals surface area contributed by atoms with Crippen molar-refractivity contribution in [3.8, 4) is 0 Å². The molecule has 4 heterocycles. The van der Waals surface area contributed by atoms with Crippen molar-refractivity contribution in [3.05, 3.63) is 71.6 Å². The first-order valence-corrected chi connectivity index (χ1v) is 11.2. The van der Waals surface area contributed by atoms with Crippen LogP contribution in [0.2, 0.25) is 0 Å². The Balaban J connectivity index is 1.10. The van der Waals surface area contributed by atoms with E-state index in [-0.39, 0.29) is 0 Å². The second-order valence-corrected chi connectivity index (χ2v) is 8.82. The fourth-order valence-electron chi connectivity index (χ4n) is 3.90. The van der Waals surface area contributed by atoms with Crippen molar-refractivity contribution < 1.29 is 18.9 Å². The first-order chi connectivity index (χ1) is 15.3. The summed E-state index contributed by atoms with van der Waals surface area (Å²) in [5, 5.41) is 0. The molecule has 6 nitrogen and oxygen atoms in total. The highest BCUT2D eigenvalue weighted by molar-refractivity contribution is 5.52. The first kappa shape index (κ1) is 19.2. The van der Waals surface area contributed by atoms with E-state index in [0.29, 0.717) is 18.3 Å². The minimum atomic E-state index is 0.339. The maximum absolute atomic E-state index is 5.44. The van der Waals surface area contributed by atoms with Gasteiger partial charge in [0.25, 0.3) is 0 Å². The highest BCUT2D eigenvalue weighted by Crippen LogP contribution is 2.26. The molecule has 6 rings (SSSR count). The minimum absolute atomic E-state index is 0.339. The van der Waals surface area contributed by atoms with Crippen LogP contribution in [0, 0.1) is 0 Å². The van der Waals surface area contributed by atoms with E-state index in [9.17, 15) is 0 Å². The van der Waals surface area contributed by atoms with Crippen molar-refractivity contribution in [2.24, 2.45) is 0 Å². The van der Waals surface area contributed by atoms with Gasteiger partial charge < -0.3 is 28.7 Å². The molecule has 6 heteroatoms. The Bertz CT molecular complexity index is 911. The van der Waals surface area contributed by atoms with Gasteiger partial charge in [0.1, 0.15) is 6.61 Å². The molecule has 0 saturated carbocycles. The van der Waals surface area contributed by atoms with E-state index in [4.69, 9.17) is 18.9 Å². The molecule has 162 valence electrons. The monoisotopic (exact) mass is 420 g/mol. The van der Waals surface area contributed by atoms with Crippen molar-refractivity contribution >= 4 is 11.4 Å². The van der Waals surface area contributed by atoms with Crippen molar-refractivity contribution in [2.75, 3.05) is 55.9 Å². The molecule has 0 aliphatic carbocycles. The molecule has 0 spiro atoms. The Labute approximate surface area is 182 Å². The molecular weight excluding hydrogens is 392 g/mol. The van der Waals surface area contributed by atoms with Gasteiger partial charge in [-0.15, -0.1) is 0 Å². The van der Waals surface area contributed by atoms with Crippen molar-refractivity contribution in [3.63, 3.8) is 0 Å². The number of ether oxygens (including phenoxy) is 4. The lowest BCUT2D eigenvalue weighted by atomic mass is 10.0. The molecule has 4 aliphatic heterocycles. The van der Waals surface area contributed by atoms with Crippen LogP contribution in [-0.2, 0) is 25.4 Å². The van der Waals surface area contributed by atoms with Gasteiger partial charge in [-0.1, -0.05) is 24.3 Å². The van der Waals surface area contributed by atoms with E-state index in [1.54, 1.807) is 0 Å². The number of hydrogen-bond acceptors (Lipinski definition) is 6. The molecule has 3 unspecified atom stereocenters. The van der Waals surface area contributed by atoms with Gasteiger partial charge in [0.05, 0.1) is 44.7 Å². The topological polar surface area (TPSA) is 56.6 Å². The Morgan fingerprint density at radius 3 is 1.68 bits per heavy atom. The molecule has 0 aromatic heterocycles. The van der Waals surface area contributed by atoms with Gasteiger partial charge in [0, 0.05) is 30.7 Å². The standard InChI is InChI=1S/C25H28N2O4/c1-5-20(26(10-22-14-28-22)11-23-15-29-23)6-2-18(1)9-19-3-7-21(8-4-19)27(12-24-16-30-24)13-25-17-31-25/h1-8,10,23-25H,9,11-17H2/b22-10-. The average molecular weight is 421 g/mol. The lowest BCUT2D eigenvalue weighted by Gasteiger charge is -2.23. The minimum Gasteiger partial charge on any atom is -0.485 e. The van der Waals surface area contributed by atoms with Crippen LogP contribution in [0.4, 0.5) is 11.4 Å². The van der Waals surface area contributed by atoms with Crippen LogP contribution in [-0.4, -0.2) is 64.4 Å². The smallest absolute Gasteiger partial charge is 0.150 e. The summed E-state index contributed by atoms with van der Waals surface area (Å²) in [6, 6.07) is 17.8. The summed E-state index contributed by atoms with van der Waals surface area (Å²) in [6.45, 7) is 6.13. The third-order valence-corrected chi connectivity index (χ3v) is 6.04. The predicted octanol–water partition coefficient (Wildman–Crippen LogP) is 2.96. The lowest BCUT2D eigenvalue weighted by Crippen LogP contribution is -2.31. The second kappa shape index (κ2) is 8.19. The van der Waals surface area contributed by atoms with Crippen LogP contribution in [0.5, 0.6) is 0 Å². The summed E-state index contributed by atoms with van der Waals surface area (Å²) in [7, 11) is 0. The molecule has 2 aromatic rings. The molecule has 0 amide bonds. The molecule has 0 radical (unpaired) electrons. The summed E-state index contributed by atoms with van der Waals surface area (Å²) in [5.74, 6) is 1.04. The van der Waals surface area contributed by atoms with Crippen LogP contribution in [0.25, 0.3) is 0 Å². The van der Waals surface area contributed by atoms with Crippen molar-refractivity contribution in [2.45, 2.75) is 24.7 Å². The highest BCUT2D eigenvalue weighted by Gasteiger charge is 2.31. The van der Waals surface area contributed by atoms with Crippen LogP contribution < -0.4 is 9.80 Å². The summed E-state index contributed by atoms with van der Waals surface area (Å²) in [4.78, 5) is 4.63. The van der Waals surface area contributed by atoms with Crippen LogP contribution in [0.1, 0.15) is 11.1 Å². The fraction of sp³-hybridized carbons (Fsp3) is 0.440. The van der Waals surface area contributed by atoms with E-state index < -0.39 is 0 Å². The third-order valence-electron chi connectivity index (χ3n) is 6.04. The van der Waals surface area contributed by atoms with Gasteiger partial charge in [-0.3, -0.25) is 0 Å². The van der Waals surface area contributed by atoms with Crippen LogP contribution in [0.3, 0.4) is 0 Å². The molecule has 31 heavy (non-hydrogen) atoms. The molecule has 4 fully saturated rings. The number of benzene rings is 2. The van der Waals surface area contributed by atoms with Crippen LogP contribution >= 0.6 is 0 Å². The summed E-state index contributed by atoms with van der Waals surface area (Å²) in [6.07, 6.45) is 4.12. The molecule has 4 saturated heterocycles. The zero-order chi connectivity index (χ0) is 20.6. The normalized spacial score (nSPS) is 26.3. The van der Waals surface area contributed by atoms with E-state index in [0.717, 1.165) is 58.2 Å². The van der Waals surface area contributed by atoms with Crippen molar-refractivity contribution in [1.29, 1.82) is 0 Å². The number of epoxide rings is 4. The fourth-order valence-corrected chi connectivity index (χ4v) is 3.90. The third kappa shape index (κ3) is 5.39. The Kier molecular flexibility index (Phi) is 5.06. The Morgan fingerprint density at radius 2 is 1.19 bits per heavy atom. The van der Waals surface area contributed by atoms with E-state index >= 15 is 0 Å². The van der Waals surface area contributed by atoms with Gasteiger partial charge in [0.2, 0.25) is 0 Å². The van der Waals surface area contributed by atoms with Crippen LogP contribution in [0.15, 0.2) is 60.5 Å². The predicted molar refractivity (Wildman–Crippen MR) is 119 cm³/mol. The SMILES string of the molecule is C(=C1\CO1)/N(CC1CO1)c1ccc(Cc2ccc(N(CC3CO3)CC3CO3)cc2)cc1. The first-order valence-electron chi connectivity index (χ1n) is 11.2. The lowest BCUT2D eigenvalue weighted by molar-refractivity contribution is 0.389. The Hall–Kier alpha value is -2.54. The Morgan fingerprint density at radius 1 is 0.710 bits per heavy atom. The maximum atomic E-state index is 5.44. The maximum Gasteiger partial charge on any atom is 0.150 e. The quantitative estimate of drug-likeness (QED) is 0.521. The summed E-state index contributed by atoms with van der Waals surface area (Å²) in [5.41, 5.74) is 5.05. The molecule has 3 atom stereocenters. The van der Waals surface area contributed by atoms with Crippen molar-refractivity contribution in [1.82, 2.24) is 0 Å². The summed E-state index contributed by atoms with van der Waals surface area (Å²) >= 11 is 0. The molecule has 0 bridgehead atoms. The zero-order valence-corrected chi connectivity index (χ0v) is 17.6. The number of rotatable bonds is 11. The molecule has 4 aliphatic rings. The van der Waals surface area contributed by atoms with Gasteiger partial charge in [0.15, 0.2) is 5.76 Å². The van der Waals surface area contributed by atoms with Gasteiger partial charge in [-0.05, 0) is 41.8 Å². The average Bonchev–Trinajstić information content (AvgIpc) is 3.63. The van der Waals surface area contributed by atoms with Gasteiger partial charge in [-0.2, -0.15) is 0 Å². The van der Waals surface area contributed by atoms with Gasteiger partial charge >= 0.3 is 0 Å². The second-order valence-electron chi connectivity index (χ2n) is 8.82. The highest BCUT2D eigenvalue weighted by atomic mass is 16.6. The van der Waals surface area contributed by atoms with E-state index in [1.165, 1.54) is 22.5 Å².